The molecule has 2 aromatic heterocycles. The lowest BCUT2D eigenvalue weighted by Crippen LogP contribution is -2.42. The number of aryl methyl sites for hydroxylation is 3. The number of aromatic hydroxyl groups is 1. The molecule has 1 fully saturated rings. The molecule has 0 spiro atoms. The van der Waals surface area contributed by atoms with Crippen molar-refractivity contribution >= 4 is 16.8 Å². The molecule has 0 aliphatic carbocycles. The number of halogens is 1. The summed E-state index contributed by atoms with van der Waals surface area (Å²) in [4.78, 5) is 19.4. The van der Waals surface area contributed by atoms with Crippen molar-refractivity contribution in [3.05, 3.63) is 82.9 Å². The lowest BCUT2D eigenvalue weighted by atomic mass is 9.91. The Morgan fingerprint density at radius 1 is 1.19 bits per heavy atom. The van der Waals surface area contributed by atoms with Gasteiger partial charge in [-0.2, -0.15) is 0 Å². The molecule has 3 heterocycles. The van der Waals surface area contributed by atoms with Crippen molar-refractivity contribution in [1.29, 1.82) is 0 Å². The van der Waals surface area contributed by atoms with E-state index in [0.29, 0.717) is 38.2 Å². The number of hydrogen-bond acceptors (Lipinski definition) is 5. The molecule has 8 heteroatoms. The molecule has 3 N–H and O–H groups in total. The van der Waals surface area contributed by atoms with Crippen LogP contribution in [0.25, 0.3) is 22.0 Å². The molecule has 0 saturated carbocycles. The zero-order chi connectivity index (χ0) is 29.8. The number of hydrogen-bond donors (Lipinski definition) is 2. The fourth-order valence-electron chi connectivity index (χ4n) is 6.39. The van der Waals surface area contributed by atoms with Gasteiger partial charge in [-0.3, -0.25) is 4.79 Å². The molecule has 7 nitrogen and oxygen atoms in total. The largest absolute Gasteiger partial charge is 0.493 e. The smallest absolute Gasteiger partial charge is 0.224 e. The Morgan fingerprint density at radius 2 is 1.98 bits per heavy atom. The van der Waals surface area contributed by atoms with Gasteiger partial charge in [0.15, 0.2) is 0 Å². The van der Waals surface area contributed by atoms with E-state index in [1.807, 2.05) is 48.2 Å². The maximum atomic E-state index is 15.0. The van der Waals surface area contributed by atoms with Crippen LogP contribution in [0.1, 0.15) is 54.0 Å². The average Bonchev–Trinajstić information content (AvgIpc) is 3.27. The van der Waals surface area contributed by atoms with Crippen LogP contribution >= 0.6 is 0 Å². The van der Waals surface area contributed by atoms with Crippen LogP contribution in [-0.4, -0.2) is 58.3 Å². The zero-order valence-corrected chi connectivity index (χ0v) is 24.8. The van der Waals surface area contributed by atoms with Crippen molar-refractivity contribution in [2.45, 2.75) is 64.5 Å². The van der Waals surface area contributed by atoms with Gasteiger partial charge in [0.25, 0.3) is 0 Å². The van der Waals surface area contributed by atoms with Crippen LogP contribution < -0.4 is 5.73 Å². The minimum atomic E-state index is -0.294. The van der Waals surface area contributed by atoms with E-state index in [4.69, 9.17) is 10.5 Å². The van der Waals surface area contributed by atoms with Gasteiger partial charge in [-0.05, 0) is 68.4 Å². The predicted molar refractivity (Wildman–Crippen MR) is 164 cm³/mol. The minimum absolute atomic E-state index is 0.0412. The van der Waals surface area contributed by atoms with Crippen LogP contribution in [0.5, 0.6) is 5.88 Å². The number of pyridine rings is 1. The Bertz CT molecular complexity index is 1550. The fourth-order valence-corrected chi connectivity index (χ4v) is 6.39. The van der Waals surface area contributed by atoms with Gasteiger partial charge in [-0.15, -0.1) is 0 Å². The number of methoxy groups -OCH3 is 1. The molecule has 1 unspecified atom stereocenters. The van der Waals surface area contributed by atoms with Gasteiger partial charge in [0.1, 0.15) is 5.82 Å². The fraction of sp³-hybridized carbons (Fsp3) is 0.412. The lowest BCUT2D eigenvalue weighted by Gasteiger charge is -2.34. The number of carbonyl (C=O) groups is 1. The highest BCUT2D eigenvalue weighted by Gasteiger charge is 2.30. The third-order valence-corrected chi connectivity index (χ3v) is 8.50. The van der Waals surface area contributed by atoms with Gasteiger partial charge in [-0.1, -0.05) is 36.4 Å². The maximum Gasteiger partial charge on any atom is 0.224 e. The first-order valence-electron chi connectivity index (χ1n) is 14.8. The Balaban J connectivity index is 1.25. The van der Waals surface area contributed by atoms with Gasteiger partial charge in [-0.25, -0.2) is 9.37 Å². The molecule has 4 aromatic rings. The molecular weight excluding hydrogens is 531 g/mol. The van der Waals surface area contributed by atoms with E-state index in [-0.39, 0.29) is 36.0 Å². The summed E-state index contributed by atoms with van der Waals surface area (Å²) in [6.07, 6.45) is 5.19. The van der Waals surface area contributed by atoms with Crippen LogP contribution in [0.3, 0.4) is 0 Å². The topological polar surface area (TPSA) is 93.6 Å². The molecule has 2 aromatic carbocycles. The number of amides is 1. The van der Waals surface area contributed by atoms with Gasteiger partial charge in [0, 0.05) is 80.1 Å². The first-order chi connectivity index (χ1) is 20.3. The number of fused-ring (bicyclic) bond motifs is 1. The Morgan fingerprint density at radius 3 is 2.71 bits per heavy atom. The summed E-state index contributed by atoms with van der Waals surface area (Å²) >= 11 is 0. The average molecular weight is 573 g/mol. The number of para-hydroxylation sites is 1. The minimum Gasteiger partial charge on any atom is -0.493 e. The van der Waals surface area contributed by atoms with E-state index in [9.17, 15) is 9.90 Å². The van der Waals surface area contributed by atoms with E-state index in [1.165, 1.54) is 6.07 Å². The number of rotatable bonds is 10. The summed E-state index contributed by atoms with van der Waals surface area (Å²) in [6.45, 7) is 6.51. The molecule has 0 radical (unpaired) electrons. The van der Waals surface area contributed by atoms with Crippen LogP contribution in [0.2, 0.25) is 0 Å². The molecule has 1 aliphatic rings. The number of ether oxygens (including phenoxy) is 1. The highest BCUT2D eigenvalue weighted by Crippen LogP contribution is 2.37. The molecule has 222 valence electrons. The van der Waals surface area contributed by atoms with E-state index in [0.717, 1.165) is 58.2 Å². The predicted octanol–water partition coefficient (Wildman–Crippen LogP) is 5.87. The van der Waals surface area contributed by atoms with E-state index in [1.54, 1.807) is 19.4 Å². The number of nitrogens with two attached hydrogens (primary N) is 1. The number of nitrogens with zero attached hydrogens (tertiary/aromatic N) is 3. The lowest BCUT2D eigenvalue weighted by molar-refractivity contribution is -0.132. The molecule has 2 atom stereocenters. The molecule has 1 saturated heterocycles. The van der Waals surface area contributed by atoms with Crippen LogP contribution in [0.15, 0.2) is 54.7 Å². The van der Waals surface area contributed by atoms with E-state index >= 15 is 4.39 Å². The first-order valence-corrected chi connectivity index (χ1v) is 14.8. The van der Waals surface area contributed by atoms with Gasteiger partial charge < -0.3 is 25.0 Å². The molecule has 0 bridgehead atoms. The summed E-state index contributed by atoms with van der Waals surface area (Å²) in [5, 5.41) is 10.6. The van der Waals surface area contributed by atoms with Crippen molar-refractivity contribution in [3.8, 4) is 17.0 Å². The quantitative estimate of drug-likeness (QED) is 0.232. The van der Waals surface area contributed by atoms with Crippen molar-refractivity contribution in [2.75, 3.05) is 26.8 Å². The molecule has 42 heavy (non-hydrogen) atoms. The van der Waals surface area contributed by atoms with Crippen molar-refractivity contribution in [1.82, 2.24) is 14.5 Å². The molecule has 5 rings (SSSR count). The normalized spacial score (nSPS) is 16.2. The SMILES string of the molecule is COCCCn1c(C2CCCN(C(=O)C[C@H](N)Cc3ccc(-c4cnc(O)c(C)c4)cc3)C2)c(C)c2cccc(F)c21. The second-order valence-corrected chi connectivity index (χ2v) is 11.6. The Kier molecular flexibility index (Phi) is 9.24. The summed E-state index contributed by atoms with van der Waals surface area (Å²) in [7, 11) is 1.68. The van der Waals surface area contributed by atoms with Crippen molar-refractivity contribution < 1.29 is 19.0 Å². The van der Waals surface area contributed by atoms with Crippen LogP contribution in [0.4, 0.5) is 4.39 Å². The third kappa shape index (κ3) is 6.35. The van der Waals surface area contributed by atoms with Crippen molar-refractivity contribution in [2.24, 2.45) is 5.73 Å². The molecule has 1 aliphatic heterocycles. The zero-order valence-electron chi connectivity index (χ0n) is 24.8. The van der Waals surface area contributed by atoms with Crippen LogP contribution in [-0.2, 0) is 22.5 Å². The first kappa shape index (κ1) is 29.7. The monoisotopic (exact) mass is 572 g/mol. The Labute approximate surface area is 247 Å². The second-order valence-electron chi connectivity index (χ2n) is 11.6. The van der Waals surface area contributed by atoms with Gasteiger partial charge >= 0.3 is 0 Å². The molecular formula is C34H41FN4O3. The number of piperidine rings is 1. The third-order valence-electron chi connectivity index (χ3n) is 8.50. The summed E-state index contributed by atoms with van der Waals surface area (Å²) in [6, 6.07) is 15.0. The number of likely N-dealkylation sites (tertiary alicyclic amines) is 1. The summed E-state index contributed by atoms with van der Waals surface area (Å²) in [5.74, 6) is 0.0376. The number of aromatic nitrogens is 2. The van der Waals surface area contributed by atoms with E-state index in [2.05, 4.69) is 16.5 Å². The Hall–Kier alpha value is -3.75. The van der Waals surface area contributed by atoms with Crippen molar-refractivity contribution in [3.63, 3.8) is 0 Å². The maximum absolute atomic E-state index is 15.0. The highest BCUT2D eigenvalue weighted by molar-refractivity contribution is 5.86. The number of carbonyl (C=O) groups excluding carboxylic acids is 1. The molecule has 1 amide bonds. The second kappa shape index (κ2) is 13.0. The van der Waals surface area contributed by atoms with Gasteiger partial charge in [0.2, 0.25) is 11.8 Å². The highest BCUT2D eigenvalue weighted by atomic mass is 19.1. The number of benzene rings is 2. The van der Waals surface area contributed by atoms with Gasteiger partial charge in [0.05, 0.1) is 5.52 Å². The summed E-state index contributed by atoms with van der Waals surface area (Å²) < 4.78 is 22.4. The summed E-state index contributed by atoms with van der Waals surface area (Å²) in [5.41, 5.74) is 13.1. The van der Waals surface area contributed by atoms with Crippen LogP contribution in [0, 0.1) is 19.7 Å². The van der Waals surface area contributed by atoms with E-state index < -0.39 is 0 Å². The standard InChI is InChI=1S/C34H41FN4O3/c1-22-17-27(20-37-34(22)41)25-12-10-24(11-13-25)18-28(36)19-31(40)38-14-5-7-26(21-38)32-23(2)29-8-4-9-30(35)33(29)39(32)15-6-16-42-3/h4,8-13,17,20,26,28H,5-7,14-16,18-19,21,36H2,1-3H3,(H,37,41)/t26?,28-/m1/s1.